The van der Waals surface area contributed by atoms with Crippen molar-refractivity contribution in [1.82, 2.24) is 9.88 Å². The first-order chi connectivity index (χ1) is 15.9. The summed E-state index contributed by atoms with van der Waals surface area (Å²) in [6, 6.07) is 8.42. The number of hydrogen-bond donors (Lipinski definition) is 2. The van der Waals surface area contributed by atoms with Crippen LogP contribution < -0.4 is 10.1 Å². The fraction of sp³-hybridized carbons (Fsp3) is 0.360. The zero-order valence-electron chi connectivity index (χ0n) is 19.4. The number of halogens is 3. The minimum atomic E-state index is -4.27. The molecule has 0 aliphatic rings. The van der Waals surface area contributed by atoms with Gasteiger partial charge in [0, 0.05) is 54.7 Å². The molecule has 1 heterocycles. The maximum atomic E-state index is 12.6. The van der Waals surface area contributed by atoms with Crippen LogP contribution in [-0.4, -0.2) is 41.4 Å². The number of fused-ring (bicyclic) bond motifs is 1. The quantitative estimate of drug-likeness (QED) is 0.474. The van der Waals surface area contributed by atoms with E-state index in [4.69, 9.17) is 4.74 Å². The number of aryl methyl sites for hydroxylation is 1. The van der Waals surface area contributed by atoms with E-state index in [1.54, 1.807) is 37.3 Å². The molecule has 0 radical (unpaired) electrons. The van der Waals surface area contributed by atoms with Gasteiger partial charge in [-0.3, -0.25) is 4.79 Å². The first-order valence-corrected chi connectivity index (χ1v) is 10.7. The van der Waals surface area contributed by atoms with Crippen LogP contribution in [0.2, 0.25) is 0 Å². The molecule has 182 valence electrons. The molecule has 0 aliphatic carbocycles. The van der Waals surface area contributed by atoms with Crippen molar-refractivity contribution in [2.24, 2.45) is 13.0 Å². The van der Waals surface area contributed by atoms with Gasteiger partial charge in [-0.05, 0) is 48.2 Å². The Labute approximate surface area is 195 Å². The molecule has 3 rings (SSSR count). The van der Waals surface area contributed by atoms with Crippen molar-refractivity contribution in [3.8, 4) is 5.75 Å². The smallest absolute Gasteiger partial charge is 0.389 e. The number of carboxylic acids is 1. The number of carbonyl (C=O) groups is 2. The molecular formula is C25H27F3N2O4. The van der Waals surface area contributed by atoms with E-state index in [1.165, 1.54) is 14.0 Å². The standard InChI is InChI=1S/C25H27F3N2O4/c1-14(11-25(26,27)28)12-29-23(31)17-6-8-21-20(10-17)18(13-30(21)3)9-16-5-7-19(24(32)33)15(2)22(16)34-4/h5-8,10,13-14H,9,11-12H2,1-4H3,(H,29,31)(H,32,33)/t14-/m1/s1. The molecule has 2 N–H and O–H groups in total. The van der Waals surface area contributed by atoms with Gasteiger partial charge in [0.05, 0.1) is 12.7 Å². The second-order valence-corrected chi connectivity index (χ2v) is 8.54. The van der Waals surface area contributed by atoms with Crippen molar-refractivity contribution in [3.05, 3.63) is 64.3 Å². The fourth-order valence-electron chi connectivity index (χ4n) is 4.20. The van der Waals surface area contributed by atoms with Crippen LogP contribution >= 0.6 is 0 Å². The normalized spacial score (nSPS) is 12.6. The van der Waals surface area contributed by atoms with E-state index < -0.39 is 30.4 Å². The van der Waals surface area contributed by atoms with Gasteiger partial charge in [-0.1, -0.05) is 13.0 Å². The highest BCUT2D eigenvalue weighted by atomic mass is 19.4. The molecule has 3 aromatic rings. The number of nitrogens with zero attached hydrogens (tertiary/aromatic N) is 1. The highest BCUT2D eigenvalue weighted by molar-refractivity contribution is 5.99. The molecule has 1 aromatic heterocycles. The van der Waals surface area contributed by atoms with Crippen LogP contribution in [0.1, 0.15) is 50.8 Å². The van der Waals surface area contributed by atoms with E-state index in [0.717, 1.165) is 22.0 Å². The van der Waals surface area contributed by atoms with Crippen LogP contribution in [0.3, 0.4) is 0 Å². The number of hydrogen-bond acceptors (Lipinski definition) is 3. The number of aromatic nitrogens is 1. The summed E-state index contributed by atoms with van der Waals surface area (Å²) in [5, 5.41) is 12.8. The molecule has 1 atom stereocenters. The van der Waals surface area contributed by atoms with Crippen LogP contribution in [0.25, 0.3) is 10.9 Å². The third-order valence-corrected chi connectivity index (χ3v) is 5.83. The van der Waals surface area contributed by atoms with Crippen molar-refractivity contribution in [2.45, 2.75) is 32.9 Å². The molecule has 2 aromatic carbocycles. The summed E-state index contributed by atoms with van der Waals surface area (Å²) >= 11 is 0. The fourth-order valence-corrected chi connectivity index (χ4v) is 4.20. The van der Waals surface area contributed by atoms with Gasteiger partial charge < -0.3 is 19.7 Å². The van der Waals surface area contributed by atoms with Gasteiger partial charge in [-0.25, -0.2) is 4.79 Å². The van der Waals surface area contributed by atoms with Crippen molar-refractivity contribution in [3.63, 3.8) is 0 Å². The number of aromatic carboxylic acids is 1. The summed E-state index contributed by atoms with van der Waals surface area (Å²) in [6.07, 6.45) is -2.87. The first kappa shape index (κ1) is 25.1. The molecule has 0 saturated heterocycles. The van der Waals surface area contributed by atoms with Crippen LogP contribution in [0.15, 0.2) is 36.5 Å². The Morgan fingerprint density at radius 3 is 2.50 bits per heavy atom. The number of nitrogens with one attached hydrogen (secondary N) is 1. The lowest BCUT2D eigenvalue weighted by Gasteiger charge is -2.15. The molecule has 0 spiro atoms. The molecule has 9 heteroatoms. The Hall–Kier alpha value is -3.49. The molecule has 0 bridgehead atoms. The number of carbonyl (C=O) groups excluding carboxylic acids is 1. The van der Waals surface area contributed by atoms with Crippen molar-refractivity contribution < 1.29 is 32.6 Å². The third-order valence-electron chi connectivity index (χ3n) is 5.83. The van der Waals surface area contributed by atoms with E-state index in [1.807, 2.05) is 17.8 Å². The molecule has 0 aliphatic heterocycles. The Bertz CT molecular complexity index is 1230. The maximum absolute atomic E-state index is 12.6. The number of carboxylic acid groups (broad SMARTS) is 1. The van der Waals surface area contributed by atoms with E-state index in [0.29, 0.717) is 23.3 Å². The van der Waals surface area contributed by atoms with Gasteiger partial charge in [-0.2, -0.15) is 13.2 Å². The predicted octanol–water partition coefficient (Wildman–Crippen LogP) is 5.10. The van der Waals surface area contributed by atoms with Gasteiger partial charge in [0.1, 0.15) is 5.75 Å². The number of rotatable bonds is 8. The Kier molecular flexibility index (Phi) is 7.24. The van der Waals surface area contributed by atoms with E-state index in [-0.39, 0.29) is 12.1 Å². The number of methoxy groups -OCH3 is 1. The zero-order chi connectivity index (χ0) is 25.2. The van der Waals surface area contributed by atoms with Crippen molar-refractivity contribution in [2.75, 3.05) is 13.7 Å². The topological polar surface area (TPSA) is 80.6 Å². The lowest BCUT2D eigenvalue weighted by Crippen LogP contribution is -2.30. The molecular weight excluding hydrogens is 449 g/mol. The zero-order valence-corrected chi connectivity index (χ0v) is 19.4. The predicted molar refractivity (Wildman–Crippen MR) is 123 cm³/mol. The van der Waals surface area contributed by atoms with Crippen molar-refractivity contribution >= 4 is 22.8 Å². The number of benzene rings is 2. The summed E-state index contributed by atoms with van der Waals surface area (Å²) in [4.78, 5) is 24.1. The lowest BCUT2D eigenvalue weighted by atomic mass is 9.97. The molecule has 0 saturated carbocycles. The van der Waals surface area contributed by atoms with E-state index >= 15 is 0 Å². The Balaban J connectivity index is 1.88. The summed E-state index contributed by atoms with van der Waals surface area (Å²) in [5.41, 5.74) is 3.63. The number of ether oxygens (including phenoxy) is 1. The minimum absolute atomic E-state index is 0.0789. The van der Waals surface area contributed by atoms with Crippen LogP contribution in [0, 0.1) is 12.8 Å². The van der Waals surface area contributed by atoms with E-state index in [2.05, 4.69) is 5.32 Å². The SMILES string of the molecule is COc1c(Cc2cn(C)c3ccc(C(=O)NC[C@H](C)CC(F)(F)F)cc23)ccc(C(=O)O)c1C. The lowest BCUT2D eigenvalue weighted by molar-refractivity contribution is -0.142. The first-order valence-electron chi connectivity index (χ1n) is 10.7. The third kappa shape index (κ3) is 5.52. The molecule has 34 heavy (non-hydrogen) atoms. The number of amides is 1. The molecule has 0 fully saturated rings. The monoisotopic (exact) mass is 476 g/mol. The van der Waals surface area contributed by atoms with Crippen LogP contribution in [0.4, 0.5) is 13.2 Å². The van der Waals surface area contributed by atoms with Crippen LogP contribution in [-0.2, 0) is 13.5 Å². The summed E-state index contributed by atoms with van der Waals surface area (Å²) in [5.74, 6) is -1.72. The second-order valence-electron chi connectivity index (χ2n) is 8.54. The minimum Gasteiger partial charge on any atom is -0.496 e. The largest absolute Gasteiger partial charge is 0.496 e. The van der Waals surface area contributed by atoms with E-state index in [9.17, 15) is 27.9 Å². The molecule has 6 nitrogen and oxygen atoms in total. The van der Waals surface area contributed by atoms with Gasteiger partial charge >= 0.3 is 12.1 Å². The highest BCUT2D eigenvalue weighted by Crippen LogP contribution is 2.32. The van der Waals surface area contributed by atoms with Gasteiger partial charge in [0.2, 0.25) is 0 Å². The summed E-state index contributed by atoms with van der Waals surface area (Å²) in [6.45, 7) is 3.05. The maximum Gasteiger partial charge on any atom is 0.389 e. The summed E-state index contributed by atoms with van der Waals surface area (Å²) < 4.78 is 45.0. The second kappa shape index (κ2) is 9.79. The number of alkyl halides is 3. The Morgan fingerprint density at radius 2 is 1.88 bits per heavy atom. The summed E-state index contributed by atoms with van der Waals surface area (Å²) in [7, 11) is 3.36. The average Bonchev–Trinajstić information content (AvgIpc) is 3.05. The van der Waals surface area contributed by atoms with Crippen molar-refractivity contribution in [1.29, 1.82) is 0 Å². The molecule has 1 amide bonds. The molecule has 0 unspecified atom stereocenters. The van der Waals surface area contributed by atoms with Gasteiger partial charge in [-0.15, -0.1) is 0 Å². The van der Waals surface area contributed by atoms with Crippen LogP contribution in [0.5, 0.6) is 5.75 Å². The average molecular weight is 476 g/mol. The van der Waals surface area contributed by atoms with Gasteiger partial charge in [0.15, 0.2) is 0 Å². The van der Waals surface area contributed by atoms with Gasteiger partial charge in [0.25, 0.3) is 5.91 Å². The highest BCUT2D eigenvalue weighted by Gasteiger charge is 2.30. The Morgan fingerprint density at radius 1 is 1.18 bits per heavy atom.